The molecule has 0 atom stereocenters. The van der Waals surface area contributed by atoms with E-state index in [1.807, 2.05) is 0 Å². The third kappa shape index (κ3) is 5.60. The van der Waals surface area contributed by atoms with Crippen LogP contribution in [-0.2, 0) is 0 Å². The third-order valence-corrected chi connectivity index (χ3v) is 5.69. The lowest BCUT2D eigenvalue weighted by molar-refractivity contribution is 1.32. The molecule has 3 aromatic rings. The Morgan fingerprint density at radius 1 is 0.567 bits per heavy atom. The van der Waals surface area contributed by atoms with Gasteiger partial charge in [0.1, 0.15) is 0 Å². The van der Waals surface area contributed by atoms with Gasteiger partial charge in [-0.05, 0) is 80.8 Å². The normalized spacial score (nSPS) is 12.8. The molecule has 0 aliphatic heterocycles. The summed E-state index contributed by atoms with van der Waals surface area (Å²) < 4.78 is 0. The topological polar surface area (TPSA) is 0 Å². The zero-order valence-corrected chi connectivity index (χ0v) is 19.3. The van der Waals surface area contributed by atoms with Crippen LogP contribution in [0.15, 0.2) is 54.6 Å². The second-order valence-electron chi connectivity index (χ2n) is 8.67. The average Bonchev–Trinajstić information content (AvgIpc) is 3.29. The van der Waals surface area contributed by atoms with Gasteiger partial charge < -0.3 is 0 Å². The quantitative estimate of drug-likeness (QED) is 0.508. The molecule has 0 aromatic heterocycles. The minimum atomic E-state index is 1.11. The SMILES string of the molecule is CC1=c2ccc(C)cc2=CC1.Cc1cc(C)c2c(c1)=CCC=2.Cc1cccc(C)c1. The Hall–Kier alpha value is -2.86. The second-order valence-corrected chi connectivity index (χ2v) is 8.67. The zero-order chi connectivity index (χ0) is 21.7. The molecule has 0 saturated heterocycles. The summed E-state index contributed by atoms with van der Waals surface area (Å²) in [4.78, 5) is 0. The van der Waals surface area contributed by atoms with Crippen molar-refractivity contribution in [2.24, 2.45) is 0 Å². The molecule has 0 unspecified atom stereocenters. The Bertz CT molecular complexity index is 1270. The van der Waals surface area contributed by atoms with E-state index in [1.54, 1.807) is 0 Å². The van der Waals surface area contributed by atoms with Gasteiger partial charge in [0.05, 0.1) is 0 Å². The van der Waals surface area contributed by atoms with Crippen molar-refractivity contribution in [1.82, 2.24) is 0 Å². The van der Waals surface area contributed by atoms with Gasteiger partial charge in [0.15, 0.2) is 0 Å². The highest BCUT2D eigenvalue weighted by Crippen LogP contribution is 2.03. The van der Waals surface area contributed by atoms with E-state index in [9.17, 15) is 0 Å². The maximum Gasteiger partial charge on any atom is -0.0123 e. The first-order chi connectivity index (χ1) is 14.3. The molecule has 0 fully saturated rings. The summed E-state index contributed by atoms with van der Waals surface area (Å²) in [5.41, 5.74) is 8.31. The molecule has 5 rings (SSSR count). The maximum absolute atomic E-state index is 2.30. The maximum atomic E-state index is 2.30. The largest absolute Gasteiger partial charge is 0.0728 e. The van der Waals surface area contributed by atoms with Crippen LogP contribution in [0.5, 0.6) is 0 Å². The molecule has 3 aromatic carbocycles. The van der Waals surface area contributed by atoms with Crippen molar-refractivity contribution in [1.29, 1.82) is 0 Å². The van der Waals surface area contributed by atoms with E-state index in [0.717, 1.165) is 12.8 Å². The van der Waals surface area contributed by atoms with E-state index < -0.39 is 0 Å². The molecule has 0 saturated carbocycles. The first-order valence-electron chi connectivity index (χ1n) is 10.9. The van der Waals surface area contributed by atoms with E-state index in [1.165, 1.54) is 54.3 Å². The van der Waals surface area contributed by atoms with E-state index in [0.29, 0.717) is 0 Å². The predicted molar refractivity (Wildman–Crippen MR) is 133 cm³/mol. The van der Waals surface area contributed by atoms with Gasteiger partial charge in [-0.1, -0.05) is 101 Å². The summed E-state index contributed by atoms with van der Waals surface area (Å²) in [5, 5.41) is 5.72. The lowest BCUT2D eigenvalue weighted by atomic mass is 10.1. The van der Waals surface area contributed by atoms with Crippen molar-refractivity contribution in [3.63, 3.8) is 0 Å². The molecule has 0 nitrogen and oxygen atoms in total. The molecule has 0 radical (unpaired) electrons. The molecule has 2 aliphatic carbocycles. The summed E-state index contributed by atoms with van der Waals surface area (Å²) in [5.74, 6) is 0. The lowest BCUT2D eigenvalue weighted by Crippen LogP contribution is -2.24. The van der Waals surface area contributed by atoms with E-state index in [-0.39, 0.29) is 0 Å². The van der Waals surface area contributed by atoms with Crippen molar-refractivity contribution in [2.75, 3.05) is 0 Å². The molecule has 2 aliphatic rings. The summed E-state index contributed by atoms with van der Waals surface area (Å²) in [7, 11) is 0. The van der Waals surface area contributed by atoms with Crippen LogP contribution in [-0.4, -0.2) is 0 Å². The fourth-order valence-electron chi connectivity index (χ4n) is 4.18. The predicted octanol–water partition coefficient (Wildman–Crippen LogP) is 4.92. The number of benzene rings is 3. The smallest absolute Gasteiger partial charge is 0.0123 e. The molecule has 0 N–H and O–H groups in total. The van der Waals surface area contributed by atoms with Crippen molar-refractivity contribution in [2.45, 2.75) is 54.4 Å². The number of hydrogen-bond acceptors (Lipinski definition) is 0. The first-order valence-corrected chi connectivity index (χ1v) is 10.9. The highest BCUT2D eigenvalue weighted by molar-refractivity contribution is 5.57. The summed E-state index contributed by atoms with van der Waals surface area (Å²) in [6.07, 6.45) is 9.13. The van der Waals surface area contributed by atoms with Gasteiger partial charge in [-0.3, -0.25) is 0 Å². The summed E-state index contributed by atoms with van der Waals surface area (Å²) in [6, 6.07) is 19.6. The second kappa shape index (κ2) is 9.76. The minimum Gasteiger partial charge on any atom is -0.0728 e. The van der Waals surface area contributed by atoms with Crippen LogP contribution in [0.25, 0.3) is 23.8 Å². The van der Waals surface area contributed by atoms with Crippen LogP contribution in [0, 0.1) is 34.6 Å². The van der Waals surface area contributed by atoms with Gasteiger partial charge >= 0.3 is 0 Å². The van der Waals surface area contributed by atoms with Crippen molar-refractivity contribution < 1.29 is 0 Å². The Morgan fingerprint density at radius 3 is 1.90 bits per heavy atom. The van der Waals surface area contributed by atoms with Crippen LogP contribution in [0.1, 0.15) is 47.6 Å². The van der Waals surface area contributed by atoms with Gasteiger partial charge in [-0.25, -0.2) is 0 Å². The standard InChI is InChI=1S/2C11H12.C8H10/c1-8-3-6-11-9(2)4-5-10(11)7-8;1-8-6-9(2)11-5-3-4-10(11)7-8;1-7-4-3-5-8(2)6-7/h3,5-7H,4H2,1-2H3;4-7H,3H2,1-2H3;3-6H,1-2H3. The molecule has 0 spiro atoms. The van der Waals surface area contributed by atoms with Gasteiger partial charge in [-0.15, -0.1) is 0 Å². The average molecular weight is 395 g/mol. The number of fused-ring (bicyclic) bond motifs is 2. The monoisotopic (exact) mass is 394 g/mol. The summed E-state index contributed by atoms with van der Waals surface area (Å²) in [6.45, 7) is 12.9. The molecular formula is C30H34. The van der Waals surface area contributed by atoms with Crippen LogP contribution < -0.4 is 20.9 Å². The van der Waals surface area contributed by atoms with E-state index in [4.69, 9.17) is 0 Å². The fourth-order valence-corrected chi connectivity index (χ4v) is 4.18. The molecule has 0 amide bonds. The summed E-state index contributed by atoms with van der Waals surface area (Å²) >= 11 is 0. The van der Waals surface area contributed by atoms with Crippen LogP contribution in [0.3, 0.4) is 0 Å². The van der Waals surface area contributed by atoms with Crippen LogP contribution in [0.2, 0.25) is 0 Å². The number of rotatable bonds is 0. The van der Waals surface area contributed by atoms with Gasteiger partial charge in [0.25, 0.3) is 0 Å². The van der Waals surface area contributed by atoms with Crippen molar-refractivity contribution >= 4 is 23.8 Å². The molecule has 0 heterocycles. The number of aryl methyl sites for hydroxylation is 5. The Balaban J connectivity index is 0.000000130. The highest BCUT2D eigenvalue weighted by Gasteiger charge is 1.99. The highest BCUT2D eigenvalue weighted by atomic mass is 14.0. The van der Waals surface area contributed by atoms with Crippen molar-refractivity contribution in [3.8, 4) is 0 Å². The fraction of sp³-hybridized carbons (Fsp3) is 0.267. The van der Waals surface area contributed by atoms with Gasteiger partial charge in [0.2, 0.25) is 0 Å². The molecule has 30 heavy (non-hydrogen) atoms. The molecule has 154 valence electrons. The minimum absolute atomic E-state index is 1.11. The first kappa shape index (κ1) is 21.8. The van der Waals surface area contributed by atoms with Crippen LogP contribution >= 0.6 is 0 Å². The van der Waals surface area contributed by atoms with E-state index >= 15 is 0 Å². The Morgan fingerprint density at radius 2 is 1.23 bits per heavy atom. The zero-order valence-electron chi connectivity index (χ0n) is 19.3. The molecular weight excluding hydrogens is 360 g/mol. The molecule has 0 bridgehead atoms. The number of hydrogen-bond donors (Lipinski definition) is 0. The van der Waals surface area contributed by atoms with Gasteiger partial charge in [-0.2, -0.15) is 0 Å². The lowest BCUT2D eigenvalue weighted by Gasteiger charge is -1.95. The third-order valence-electron chi connectivity index (χ3n) is 5.69. The van der Waals surface area contributed by atoms with Gasteiger partial charge in [0, 0.05) is 0 Å². The Kier molecular flexibility index (Phi) is 7.11. The van der Waals surface area contributed by atoms with Crippen LogP contribution in [0.4, 0.5) is 0 Å². The van der Waals surface area contributed by atoms with E-state index in [2.05, 4.69) is 114 Å². The van der Waals surface area contributed by atoms with Crippen molar-refractivity contribution in [3.05, 3.63) is 103 Å². The molecule has 0 heteroatoms. The Labute approximate surface area is 181 Å².